The Morgan fingerprint density at radius 2 is 1.84 bits per heavy atom. The summed E-state index contributed by atoms with van der Waals surface area (Å²) in [7, 11) is 2.10. The van der Waals surface area contributed by atoms with E-state index in [2.05, 4.69) is 35.1 Å². The molecule has 5 saturated carbocycles. The van der Waals surface area contributed by atoms with E-state index in [1.54, 1.807) is 0 Å². The summed E-state index contributed by atoms with van der Waals surface area (Å²) in [5, 5.41) is 11.2. The van der Waals surface area contributed by atoms with Crippen LogP contribution in [-0.2, 0) is 6.42 Å². The van der Waals surface area contributed by atoms with E-state index in [-0.39, 0.29) is 5.91 Å². The number of hydrogen-bond acceptors (Lipinski definition) is 3. The Kier molecular flexibility index (Phi) is 5.55. The fraction of sp³-hybridized carbons (Fsp3) is 0.741. The van der Waals surface area contributed by atoms with Gasteiger partial charge in [-0.25, -0.2) is 0 Å². The van der Waals surface area contributed by atoms with Crippen LogP contribution in [0.5, 0.6) is 0 Å². The highest BCUT2D eigenvalue weighted by Gasteiger charge is 2.50. The maximum absolute atomic E-state index is 13.2. The molecule has 4 atom stereocenters. The highest BCUT2D eigenvalue weighted by atomic mass is 35.5. The van der Waals surface area contributed by atoms with Crippen molar-refractivity contribution in [2.45, 2.75) is 69.9 Å². The largest absolute Gasteiger partial charge is 0.351 e. The summed E-state index contributed by atoms with van der Waals surface area (Å²) >= 11 is 6.51. The zero-order chi connectivity index (χ0) is 21.9. The molecule has 7 rings (SSSR count). The van der Waals surface area contributed by atoms with Crippen molar-refractivity contribution in [2.24, 2.45) is 35.0 Å². The number of carbonyl (C=O) groups excluding carboxylic acids is 1. The highest BCUT2D eigenvalue weighted by Crippen LogP contribution is 2.59. The summed E-state index contributed by atoms with van der Waals surface area (Å²) in [5.74, 6) is 4.16. The van der Waals surface area contributed by atoms with Crippen LogP contribution in [0.3, 0.4) is 0 Å². The van der Waals surface area contributed by atoms with Gasteiger partial charge in [-0.2, -0.15) is 0 Å². The molecule has 1 amide bonds. The van der Waals surface area contributed by atoms with Crippen molar-refractivity contribution >= 4 is 17.5 Å². The number of hydrogen-bond donors (Lipinski definition) is 3. The summed E-state index contributed by atoms with van der Waals surface area (Å²) in [6.07, 6.45) is 11.8. The first-order chi connectivity index (χ1) is 15.5. The van der Waals surface area contributed by atoms with Gasteiger partial charge in [0.2, 0.25) is 0 Å². The molecule has 6 aliphatic rings. The van der Waals surface area contributed by atoms with Crippen LogP contribution < -0.4 is 16.0 Å². The van der Waals surface area contributed by atoms with Crippen LogP contribution >= 0.6 is 11.6 Å². The third-order valence-electron chi connectivity index (χ3n) is 9.85. The van der Waals surface area contributed by atoms with E-state index in [0.717, 1.165) is 43.2 Å². The number of carbonyl (C=O) groups is 1. The minimum atomic E-state index is 0.0123. The standard InChI is InChI=1S/C27H38ClN3O/c1-29-25-20-3-4-21(25)24(30-14-20)10-16-2-5-23(28)22(9-16)26(32)31-15-27-11-17-6-18(12-27)8-19(7-17)13-27/h2,5,9,17-21,24-25,29-30H,3-4,6-8,10-15H2,1H3,(H,31,32)/t17?,18?,19?,20-,21-,24?,25?,27?/m1/s1. The Bertz CT molecular complexity index is 850. The number of rotatable bonds is 6. The lowest BCUT2D eigenvalue weighted by atomic mass is 9.49. The number of amides is 1. The van der Waals surface area contributed by atoms with Crippen molar-refractivity contribution < 1.29 is 4.79 Å². The maximum atomic E-state index is 13.2. The van der Waals surface area contributed by atoms with Gasteiger partial charge in [0.05, 0.1) is 10.6 Å². The summed E-state index contributed by atoms with van der Waals surface area (Å²) in [5.41, 5.74) is 2.22. The van der Waals surface area contributed by atoms with E-state index in [1.165, 1.54) is 56.9 Å². The monoisotopic (exact) mass is 455 g/mol. The average Bonchev–Trinajstić information content (AvgIpc) is 3.07. The van der Waals surface area contributed by atoms with Crippen LogP contribution in [0.25, 0.3) is 0 Å². The summed E-state index contributed by atoms with van der Waals surface area (Å²) in [4.78, 5) is 13.2. The fourth-order valence-electron chi connectivity index (χ4n) is 8.92. The zero-order valence-electron chi connectivity index (χ0n) is 19.3. The summed E-state index contributed by atoms with van der Waals surface area (Å²) < 4.78 is 0. The van der Waals surface area contributed by atoms with Crippen molar-refractivity contribution in [3.8, 4) is 0 Å². The number of fused-ring (bicyclic) bond motifs is 2. The summed E-state index contributed by atoms with van der Waals surface area (Å²) in [6, 6.07) is 7.17. The molecule has 0 radical (unpaired) electrons. The van der Waals surface area contributed by atoms with Crippen molar-refractivity contribution in [3.05, 3.63) is 34.3 Å². The molecule has 0 aromatic heterocycles. The van der Waals surface area contributed by atoms with Gasteiger partial charge in [0.25, 0.3) is 5.91 Å². The molecule has 1 aromatic rings. The molecular formula is C27H38ClN3O. The maximum Gasteiger partial charge on any atom is 0.252 e. The topological polar surface area (TPSA) is 53.2 Å². The molecule has 1 aliphatic heterocycles. The van der Waals surface area contributed by atoms with Crippen LogP contribution in [-0.4, -0.2) is 38.1 Å². The van der Waals surface area contributed by atoms with E-state index in [9.17, 15) is 4.79 Å². The lowest BCUT2D eigenvalue weighted by Crippen LogP contribution is -2.54. The van der Waals surface area contributed by atoms with E-state index in [4.69, 9.17) is 11.6 Å². The Balaban J connectivity index is 1.13. The van der Waals surface area contributed by atoms with Gasteiger partial charge in [0.15, 0.2) is 0 Å². The second-order valence-corrected chi connectivity index (χ2v) is 12.4. The van der Waals surface area contributed by atoms with Crippen molar-refractivity contribution in [1.82, 2.24) is 16.0 Å². The van der Waals surface area contributed by atoms with Gasteiger partial charge in [0.1, 0.15) is 0 Å². The lowest BCUT2D eigenvalue weighted by molar-refractivity contribution is -0.0503. The van der Waals surface area contributed by atoms with Crippen LogP contribution in [0.1, 0.15) is 67.3 Å². The Morgan fingerprint density at radius 3 is 2.53 bits per heavy atom. The molecule has 5 heteroatoms. The van der Waals surface area contributed by atoms with Gasteiger partial charge in [-0.1, -0.05) is 17.7 Å². The number of nitrogens with one attached hydrogen (secondary N) is 3. The van der Waals surface area contributed by atoms with Crippen LogP contribution in [0, 0.1) is 35.0 Å². The molecule has 3 N–H and O–H groups in total. The molecule has 174 valence electrons. The SMILES string of the molecule is CNC1[C@@H]2CC[C@@H]1C(Cc1ccc(Cl)c(C(=O)NCC34CC5CC(CC(C5)C3)C4)c1)NC2. The second-order valence-electron chi connectivity index (χ2n) is 11.9. The fourth-order valence-corrected chi connectivity index (χ4v) is 9.12. The second kappa shape index (κ2) is 8.29. The average molecular weight is 456 g/mol. The van der Waals surface area contributed by atoms with Gasteiger partial charge in [-0.3, -0.25) is 4.79 Å². The van der Waals surface area contributed by atoms with Crippen molar-refractivity contribution in [2.75, 3.05) is 20.1 Å². The molecule has 0 spiro atoms. The third kappa shape index (κ3) is 3.80. The van der Waals surface area contributed by atoms with Gasteiger partial charge in [-0.05, 0) is 124 Å². The van der Waals surface area contributed by atoms with E-state index < -0.39 is 0 Å². The first kappa shape index (κ1) is 21.4. The highest BCUT2D eigenvalue weighted by molar-refractivity contribution is 6.33. The minimum absolute atomic E-state index is 0.0123. The molecule has 6 fully saturated rings. The smallest absolute Gasteiger partial charge is 0.252 e. The van der Waals surface area contributed by atoms with Crippen LogP contribution in [0.2, 0.25) is 5.02 Å². The van der Waals surface area contributed by atoms with E-state index in [1.807, 2.05) is 6.07 Å². The molecular weight excluding hydrogens is 418 g/mol. The quantitative estimate of drug-likeness (QED) is 0.595. The van der Waals surface area contributed by atoms with Gasteiger partial charge >= 0.3 is 0 Å². The van der Waals surface area contributed by atoms with Gasteiger partial charge < -0.3 is 16.0 Å². The molecule has 4 nitrogen and oxygen atoms in total. The Labute approximate surface area is 197 Å². The molecule has 1 saturated heterocycles. The first-order valence-corrected chi connectivity index (χ1v) is 13.4. The van der Waals surface area contributed by atoms with Gasteiger partial charge in [0, 0.05) is 18.6 Å². The number of halogens is 1. The molecule has 6 bridgehead atoms. The first-order valence-electron chi connectivity index (χ1n) is 13.0. The lowest BCUT2D eigenvalue weighted by Gasteiger charge is -2.56. The van der Waals surface area contributed by atoms with E-state index in [0.29, 0.717) is 34.0 Å². The Hall–Kier alpha value is -1.10. The zero-order valence-corrected chi connectivity index (χ0v) is 20.1. The van der Waals surface area contributed by atoms with Gasteiger partial charge in [-0.15, -0.1) is 0 Å². The minimum Gasteiger partial charge on any atom is -0.351 e. The van der Waals surface area contributed by atoms with Crippen LogP contribution in [0.4, 0.5) is 0 Å². The van der Waals surface area contributed by atoms with Crippen LogP contribution in [0.15, 0.2) is 18.2 Å². The molecule has 5 aliphatic carbocycles. The van der Waals surface area contributed by atoms with Crippen molar-refractivity contribution in [3.63, 3.8) is 0 Å². The molecule has 1 aromatic carbocycles. The normalized spacial score (nSPS) is 41.8. The predicted octanol–water partition coefficient (Wildman–Crippen LogP) is 4.41. The third-order valence-corrected chi connectivity index (χ3v) is 10.2. The van der Waals surface area contributed by atoms with Crippen molar-refractivity contribution in [1.29, 1.82) is 0 Å². The summed E-state index contributed by atoms with van der Waals surface area (Å²) in [6.45, 7) is 1.92. The molecule has 32 heavy (non-hydrogen) atoms. The Morgan fingerprint density at radius 1 is 1.12 bits per heavy atom. The number of piperidine rings is 1. The predicted molar refractivity (Wildman–Crippen MR) is 129 cm³/mol. The van der Waals surface area contributed by atoms with E-state index >= 15 is 0 Å². The number of benzene rings is 1. The molecule has 2 unspecified atom stereocenters. The molecule has 1 heterocycles.